The van der Waals surface area contributed by atoms with Gasteiger partial charge in [0.15, 0.2) is 0 Å². The van der Waals surface area contributed by atoms with Crippen LogP contribution in [0.3, 0.4) is 0 Å². The van der Waals surface area contributed by atoms with Crippen LogP contribution in [-0.4, -0.2) is 56.3 Å². The molecule has 5 nitrogen and oxygen atoms in total. The van der Waals surface area contributed by atoms with Crippen molar-refractivity contribution >= 4 is 5.91 Å². The Bertz CT molecular complexity index is 544. The lowest BCUT2D eigenvalue weighted by molar-refractivity contribution is -0.0498. The van der Waals surface area contributed by atoms with Crippen molar-refractivity contribution in [1.82, 2.24) is 10.2 Å². The van der Waals surface area contributed by atoms with Crippen molar-refractivity contribution in [3.8, 4) is 5.75 Å². The van der Waals surface area contributed by atoms with Crippen molar-refractivity contribution in [2.24, 2.45) is 5.92 Å². The summed E-state index contributed by atoms with van der Waals surface area (Å²) in [6.45, 7) is 5.21. The number of halogens is 2. The van der Waals surface area contributed by atoms with Gasteiger partial charge in [-0.3, -0.25) is 9.69 Å². The number of hydrogen-bond acceptors (Lipinski definition) is 4. The van der Waals surface area contributed by atoms with Crippen LogP contribution in [0, 0.1) is 5.92 Å². The van der Waals surface area contributed by atoms with Gasteiger partial charge in [0.1, 0.15) is 5.75 Å². The van der Waals surface area contributed by atoms with Crippen LogP contribution in [0.2, 0.25) is 0 Å². The summed E-state index contributed by atoms with van der Waals surface area (Å²) in [5.41, 5.74) is 0.428. The van der Waals surface area contributed by atoms with Crippen LogP contribution in [0.5, 0.6) is 5.75 Å². The largest absolute Gasteiger partial charge is 0.435 e. The Labute approximate surface area is 153 Å². The monoisotopic (exact) mass is 370 g/mol. The summed E-state index contributed by atoms with van der Waals surface area (Å²) in [7, 11) is 0. The number of carbonyl (C=O) groups is 1. The van der Waals surface area contributed by atoms with Gasteiger partial charge in [-0.25, -0.2) is 0 Å². The van der Waals surface area contributed by atoms with Crippen molar-refractivity contribution in [3.63, 3.8) is 0 Å². The second-order valence-corrected chi connectivity index (χ2v) is 6.41. The molecule has 0 aromatic heterocycles. The molecule has 0 spiro atoms. The van der Waals surface area contributed by atoms with E-state index >= 15 is 0 Å². The third kappa shape index (κ3) is 5.92. The molecule has 26 heavy (non-hydrogen) atoms. The van der Waals surface area contributed by atoms with E-state index in [-0.39, 0.29) is 17.7 Å². The maximum Gasteiger partial charge on any atom is 0.387 e. The van der Waals surface area contributed by atoms with Crippen molar-refractivity contribution in [2.75, 3.05) is 32.8 Å². The Morgan fingerprint density at radius 1 is 1.19 bits per heavy atom. The smallest absolute Gasteiger partial charge is 0.387 e. The highest BCUT2D eigenvalue weighted by Gasteiger charge is 2.27. The standard InChI is InChI=1S/C19H28F2N2O3/c1-3-14(4-2)17(23-9-11-25-12-10-23)13-22-18(24)15-5-7-16(8-6-15)26-19(20)21/h5-8,14,17,19H,3-4,9-13H2,1-2H3,(H,22,24). The number of alkyl halides is 2. The molecule has 1 aliphatic rings. The van der Waals surface area contributed by atoms with Gasteiger partial charge in [-0.1, -0.05) is 26.7 Å². The highest BCUT2D eigenvalue weighted by Crippen LogP contribution is 2.20. The molecule has 1 saturated heterocycles. The van der Waals surface area contributed by atoms with Crippen LogP contribution < -0.4 is 10.1 Å². The molecular formula is C19H28F2N2O3. The Balaban J connectivity index is 1.96. The quantitative estimate of drug-likeness (QED) is 0.726. The van der Waals surface area contributed by atoms with E-state index in [2.05, 4.69) is 28.8 Å². The molecule has 0 aliphatic carbocycles. The maximum atomic E-state index is 12.4. The molecule has 1 N–H and O–H groups in total. The van der Waals surface area contributed by atoms with Crippen molar-refractivity contribution < 1.29 is 23.0 Å². The Kier molecular flexibility index (Phi) is 8.25. The van der Waals surface area contributed by atoms with E-state index in [1.807, 2.05) is 0 Å². The highest BCUT2D eigenvalue weighted by atomic mass is 19.3. The molecule has 0 bridgehead atoms. The average Bonchev–Trinajstić information content (AvgIpc) is 2.65. The first-order valence-corrected chi connectivity index (χ1v) is 9.20. The van der Waals surface area contributed by atoms with Crippen LogP contribution in [0.4, 0.5) is 8.78 Å². The van der Waals surface area contributed by atoms with Crippen molar-refractivity contribution in [1.29, 1.82) is 0 Å². The van der Waals surface area contributed by atoms with Gasteiger partial charge in [0.05, 0.1) is 13.2 Å². The summed E-state index contributed by atoms with van der Waals surface area (Å²) < 4.78 is 34.1. The van der Waals surface area contributed by atoms with Gasteiger partial charge in [-0.15, -0.1) is 0 Å². The number of hydrogen-bond donors (Lipinski definition) is 1. The number of nitrogens with one attached hydrogen (secondary N) is 1. The summed E-state index contributed by atoms with van der Waals surface area (Å²) in [6.07, 6.45) is 2.10. The number of ether oxygens (including phenoxy) is 2. The van der Waals surface area contributed by atoms with Crippen molar-refractivity contribution in [2.45, 2.75) is 39.3 Å². The van der Waals surface area contributed by atoms with E-state index < -0.39 is 6.61 Å². The predicted octanol–water partition coefficient (Wildman–Crippen LogP) is 3.15. The molecular weight excluding hydrogens is 342 g/mol. The molecule has 1 fully saturated rings. The molecule has 2 rings (SSSR count). The first-order valence-electron chi connectivity index (χ1n) is 9.20. The molecule has 0 radical (unpaired) electrons. The average molecular weight is 370 g/mol. The van der Waals surface area contributed by atoms with Crippen LogP contribution in [0.25, 0.3) is 0 Å². The number of carbonyl (C=O) groups excluding carboxylic acids is 1. The van der Waals surface area contributed by atoms with E-state index in [0.717, 1.165) is 39.1 Å². The molecule has 1 atom stereocenters. The fraction of sp³-hybridized carbons (Fsp3) is 0.632. The van der Waals surface area contributed by atoms with Gasteiger partial charge in [0.25, 0.3) is 5.91 Å². The fourth-order valence-corrected chi connectivity index (χ4v) is 3.42. The number of benzene rings is 1. The summed E-state index contributed by atoms with van der Waals surface area (Å²) in [5.74, 6) is 0.327. The van der Waals surface area contributed by atoms with Gasteiger partial charge in [0, 0.05) is 31.2 Å². The minimum absolute atomic E-state index is 0.0415. The lowest BCUT2D eigenvalue weighted by Gasteiger charge is -2.38. The lowest BCUT2D eigenvalue weighted by Crippen LogP contribution is -2.52. The number of rotatable bonds is 9. The number of nitrogens with zero attached hydrogens (tertiary/aromatic N) is 1. The van der Waals surface area contributed by atoms with E-state index in [9.17, 15) is 13.6 Å². The number of morpholine rings is 1. The first kappa shape index (κ1) is 20.6. The Morgan fingerprint density at radius 3 is 2.35 bits per heavy atom. The predicted molar refractivity (Wildman–Crippen MR) is 95.7 cm³/mol. The van der Waals surface area contributed by atoms with Gasteiger partial charge < -0.3 is 14.8 Å². The van der Waals surface area contributed by atoms with Gasteiger partial charge in [-0.05, 0) is 30.2 Å². The zero-order chi connectivity index (χ0) is 18.9. The topological polar surface area (TPSA) is 50.8 Å². The third-order valence-corrected chi connectivity index (χ3v) is 4.92. The zero-order valence-corrected chi connectivity index (χ0v) is 15.4. The van der Waals surface area contributed by atoms with Crippen LogP contribution in [0.1, 0.15) is 37.0 Å². The molecule has 0 saturated carbocycles. The summed E-state index contributed by atoms with van der Waals surface area (Å²) >= 11 is 0. The third-order valence-electron chi connectivity index (χ3n) is 4.92. The minimum atomic E-state index is -2.87. The molecule has 1 aromatic rings. The second-order valence-electron chi connectivity index (χ2n) is 6.41. The highest BCUT2D eigenvalue weighted by molar-refractivity contribution is 5.94. The minimum Gasteiger partial charge on any atom is -0.435 e. The lowest BCUT2D eigenvalue weighted by atomic mass is 9.92. The number of amides is 1. The molecule has 1 amide bonds. The molecule has 146 valence electrons. The summed E-state index contributed by atoms with van der Waals surface area (Å²) in [6, 6.07) is 6.00. The normalized spacial score (nSPS) is 16.7. The van der Waals surface area contributed by atoms with Gasteiger partial charge in [-0.2, -0.15) is 8.78 Å². The molecule has 1 unspecified atom stereocenters. The van der Waals surface area contributed by atoms with E-state index in [0.29, 0.717) is 18.0 Å². The van der Waals surface area contributed by atoms with E-state index in [1.165, 1.54) is 24.3 Å². The summed E-state index contributed by atoms with van der Waals surface area (Å²) in [4.78, 5) is 14.8. The molecule has 1 aliphatic heterocycles. The van der Waals surface area contributed by atoms with Crippen LogP contribution in [-0.2, 0) is 4.74 Å². The van der Waals surface area contributed by atoms with Gasteiger partial charge >= 0.3 is 6.61 Å². The van der Waals surface area contributed by atoms with E-state index in [1.54, 1.807) is 0 Å². The first-order chi connectivity index (χ1) is 12.5. The Morgan fingerprint density at radius 2 is 1.81 bits per heavy atom. The van der Waals surface area contributed by atoms with Crippen LogP contribution >= 0.6 is 0 Å². The molecule has 1 aromatic carbocycles. The second kappa shape index (κ2) is 10.4. The van der Waals surface area contributed by atoms with Crippen LogP contribution in [0.15, 0.2) is 24.3 Å². The van der Waals surface area contributed by atoms with E-state index in [4.69, 9.17) is 4.74 Å². The SMILES string of the molecule is CCC(CC)C(CNC(=O)c1ccc(OC(F)F)cc1)N1CCOCC1. The fourth-order valence-electron chi connectivity index (χ4n) is 3.42. The van der Waals surface area contributed by atoms with Gasteiger partial charge in [0.2, 0.25) is 0 Å². The maximum absolute atomic E-state index is 12.4. The Hall–Kier alpha value is -1.73. The molecule has 1 heterocycles. The van der Waals surface area contributed by atoms with Crippen molar-refractivity contribution in [3.05, 3.63) is 29.8 Å². The molecule has 7 heteroatoms. The zero-order valence-electron chi connectivity index (χ0n) is 15.4. The summed E-state index contributed by atoms with van der Waals surface area (Å²) in [5, 5.41) is 3.00.